The summed E-state index contributed by atoms with van der Waals surface area (Å²) in [6.45, 7) is 3.67. The average molecular weight is 240 g/mol. The second-order valence-corrected chi connectivity index (χ2v) is 4.38. The number of carbonyl (C=O) groups is 1. The van der Waals surface area contributed by atoms with Crippen LogP contribution in [0.1, 0.15) is 22.8 Å². The number of carbonyl (C=O) groups excluding carboxylic acids is 1. The van der Waals surface area contributed by atoms with Gasteiger partial charge in [0.1, 0.15) is 0 Å². The summed E-state index contributed by atoms with van der Waals surface area (Å²) in [4.78, 5) is 15.7. The van der Waals surface area contributed by atoms with E-state index in [0.717, 1.165) is 4.88 Å². The molecule has 0 spiro atoms. The van der Waals surface area contributed by atoms with Crippen LogP contribution < -0.4 is 0 Å². The van der Waals surface area contributed by atoms with Crippen LogP contribution >= 0.6 is 11.3 Å². The van der Waals surface area contributed by atoms with Crippen molar-refractivity contribution < 1.29 is 19.4 Å². The van der Waals surface area contributed by atoms with Gasteiger partial charge in [-0.15, -0.1) is 11.3 Å². The number of nitrogens with zero attached hydrogens (tertiary/aromatic N) is 2. The zero-order valence-electron chi connectivity index (χ0n) is 9.01. The Morgan fingerprint density at radius 3 is 2.81 bits per heavy atom. The number of esters is 1. The lowest BCUT2D eigenvalue weighted by molar-refractivity contribution is -0.141. The van der Waals surface area contributed by atoms with Crippen molar-refractivity contribution in [2.24, 2.45) is 0 Å². The Bertz CT molecular complexity index is 435. The molecule has 0 aliphatic rings. The van der Waals surface area contributed by atoms with Gasteiger partial charge < -0.3 is 15.4 Å². The maximum Gasteiger partial charge on any atom is 0.420 e. The standard InChI is InChI=1S/C10H12N2O3S/c1-3-15-10(14)8(12-11)9(13)7-5-4-6(2)16-7/h4-5,9,13H,3H2,1-2H3. The normalized spacial score (nSPS) is 11.7. The van der Waals surface area contributed by atoms with E-state index in [1.165, 1.54) is 11.3 Å². The first-order chi connectivity index (χ1) is 7.60. The van der Waals surface area contributed by atoms with Crippen molar-refractivity contribution in [3.63, 3.8) is 0 Å². The Morgan fingerprint density at radius 1 is 1.69 bits per heavy atom. The van der Waals surface area contributed by atoms with Crippen molar-refractivity contribution >= 4 is 23.0 Å². The molecule has 1 N–H and O–H groups in total. The molecule has 6 heteroatoms. The molecule has 0 aliphatic heterocycles. The van der Waals surface area contributed by atoms with E-state index in [-0.39, 0.29) is 6.61 Å². The zero-order valence-corrected chi connectivity index (χ0v) is 9.82. The molecular weight excluding hydrogens is 228 g/mol. The van der Waals surface area contributed by atoms with Gasteiger partial charge in [-0.25, -0.2) is 4.79 Å². The van der Waals surface area contributed by atoms with Crippen LogP contribution in [0.15, 0.2) is 12.1 Å². The fourth-order valence-corrected chi connectivity index (χ4v) is 2.01. The van der Waals surface area contributed by atoms with Gasteiger partial charge in [0.25, 0.3) is 0 Å². The van der Waals surface area contributed by atoms with E-state index in [1.807, 2.05) is 13.0 Å². The fraction of sp³-hybridized carbons (Fsp3) is 0.400. The van der Waals surface area contributed by atoms with Crippen LogP contribution in [0.5, 0.6) is 0 Å². The lowest BCUT2D eigenvalue weighted by Gasteiger charge is -2.02. The highest BCUT2D eigenvalue weighted by Crippen LogP contribution is 2.23. The molecule has 0 aliphatic carbocycles. The molecule has 0 amide bonds. The van der Waals surface area contributed by atoms with Crippen LogP contribution in [0, 0.1) is 6.92 Å². The van der Waals surface area contributed by atoms with Gasteiger partial charge in [-0.2, -0.15) is 4.79 Å². The van der Waals surface area contributed by atoms with Gasteiger partial charge in [0.05, 0.1) is 6.61 Å². The molecule has 0 radical (unpaired) electrons. The summed E-state index contributed by atoms with van der Waals surface area (Å²) in [7, 11) is 0. The molecule has 1 atom stereocenters. The van der Waals surface area contributed by atoms with Crippen molar-refractivity contribution in [3.05, 3.63) is 27.4 Å². The Kier molecular flexibility index (Phi) is 4.37. The molecule has 86 valence electrons. The van der Waals surface area contributed by atoms with Crippen molar-refractivity contribution in [2.45, 2.75) is 20.0 Å². The zero-order chi connectivity index (χ0) is 12.1. The van der Waals surface area contributed by atoms with Crippen molar-refractivity contribution in [1.82, 2.24) is 0 Å². The predicted molar refractivity (Wildman–Crippen MR) is 59.3 cm³/mol. The van der Waals surface area contributed by atoms with Crippen LogP contribution in [-0.4, -0.2) is 28.2 Å². The number of rotatable bonds is 4. The lowest BCUT2D eigenvalue weighted by Crippen LogP contribution is -2.25. The summed E-state index contributed by atoms with van der Waals surface area (Å²) in [5, 5.41) is 9.81. The number of ether oxygens (including phenoxy) is 1. The number of hydrogen-bond acceptors (Lipinski definition) is 4. The molecule has 5 nitrogen and oxygen atoms in total. The maximum atomic E-state index is 11.3. The van der Waals surface area contributed by atoms with Crippen LogP contribution in [0.4, 0.5) is 0 Å². The summed E-state index contributed by atoms with van der Waals surface area (Å²) >= 11 is 1.33. The molecule has 1 unspecified atom stereocenters. The molecule has 0 fully saturated rings. The predicted octanol–water partition coefficient (Wildman–Crippen LogP) is 1.32. The summed E-state index contributed by atoms with van der Waals surface area (Å²) < 4.78 is 4.66. The Morgan fingerprint density at radius 2 is 2.38 bits per heavy atom. The second kappa shape index (κ2) is 5.55. The van der Waals surface area contributed by atoms with E-state index >= 15 is 0 Å². The molecule has 1 aromatic rings. The van der Waals surface area contributed by atoms with E-state index in [4.69, 9.17) is 5.53 Å². The van der Waals surface area contributed by atoms with Crippen molar-refractivity contribution in [2.75, 3.05) is 6.61 Å². The first kappa shape index (κ1) is 12.6. The highest BCUT2D eigenvalue weighted by molar-refractivity contribution is 7.12. The monoisotopic (exact) mass is 240 g/mol. The maximum absolute atomic E-state index is 11.3. The van der Waals surface area contributed by atoms with Crippen LogP contribution in [0.3, 0.4) is 0 Å². The van der Waals surface area contributed by atoms with E-state index < -0.39 is 17.8 Å². The van der Waals surface area contributed by atoms with Crippen LogP contribution in [0.25, 0.3) is 5.53 Å². The van der Waals surface area contributed by atoms with Gasteiger partial charge in [-0.05, 0) is 26.0 Å². The Balaban J connectivity index is 2.90. The van der Waals surface area contributed by atoms with Crippen molar-refractivity contribution in [1.29, 1.82) is 0 Å². The molecule has 0 saturated carbocycles. The summed E-state index contributed by atoms with van der Waals surface area (Å²) in [5.41, 5.74) is 8.29. The van der Waals surface area contributed by atoms with Crippen LogP contribution in [-0.2, 0) is 9.53 Å². The third-order valence-corrected chi connectivity index (χ3v) is 2.94. The number of aliphatic hydroxyl groups excluding tert-OH is 1. The third kappa shape index (κ3) is 2.76. The quantitative estimate of drug-likeness (QED) is 0.373. The van der Waals surface area contributed by atoms with E-state index in [9.17, 15) is 9.90 Å². The minimum absolute atomic E-state index is 0.161. The molecule has 1 rings (SSSR count). The highest BCUT2D eigenvalue weighted by Gasteiger charge is 2.33. The molecule has 0 aromatic carbocycles. The van der Waals surface area contributed by atoms with Gasteiger partial charge >= 0.3 is 11.7 Å². The summed E-state index contributed by atoms with van der Waals surface area (Å²) in [5.74, 6) is -0.816. The number of aliphatic hydroxyl groups is 1. The molecule has 1 aromatic heterocycles. The summed E-state index contributed by atoms with van der Waals surface area (Å²) in [6.07, 6.45) is -1.25. The minimum atomic E-state index is -1.25. The van der Waals surface area contributed by atoms with Gasteiger partial charge in [0.15, 0.2) is 6.10 Å². The number of hydrogen-bond donors (Lipinski definition) is 1. The van der Waals surface area contributed by atoms with Crippen molar-refractivity contribution in [3.8, 4) is 0 Å². The van der Waals surface area contributed by atoms with E-state index in [1.54, 1.807) is 13.0 Å². The van der Waals surface area contributed by atoms with E-state index in [2.05, 4.69) is 9.53 Å². The number of thiophene rings is 1. The number of aryl methyl sites for hydroxylation is 1. The van der Waals surface area contributed by atoms with Crippen LogP contribution in [0.2, 0.25) is 0 Å². The Labute approximate surface area is 96.9 Å². The molecule has 0 saturated heterocycles. The van der Waals surface area contributed by atoms with Gasteiger partial charge in [-0.1, -0.05) is 0 Å². The van der Waals surface area contributed by atoms with Gasteiger partial charge in [-0.3, -0.25) is 0 Å². The smallest absolute Gasteiger partial charge is 0.420 e. The SMILES string of the molecule is CCOC(=O)C(=[N+]=[N-])C(O)c1ccc(C)s1. The fourth-order valence-electron chi connectivity index (χ4n) is 1.15. The topological polar surface area (TPSA) is 82.9 Å². The average Bonchev–Trinajstić information content (AvgIpc) is 2.66. The van der Waals surface area contributed by atoms with E-state index in [0.29, 0.717) is 4.88 Å². The molecule has 1 heterocycles. The molecule has 16 heavy (non-hydrogen) atoms. The largest absolute Gasteiger partial charge is 0.457 e. The van der Waals surface area contributed by atoms with Gasteiger partial charge in [0.2, 0.25) is 0 Å². The highest BCUT2D eigenvalue weighted by atomic mass is 32.1. The lowest BCUT2D eigenvalue weighted by atomic mass is 10.2. The first-order valence-electron chi connectivity index (χ1n) is 4.73. The van der Waals surface area contributed by atoms with Gasteiger partial charge in [0, 0.05) is 9.75 Å². The Hall–Kier alpha value is -1.49. The molecule has 0 bridgehead atoms. The molecular formula is C10H12N2O3S. The second-order valence-electron chi connectivity index (χ2n) is 3.06. The summed E-state index contributed by atoms with van der Waals surface area (Å²) in [6, 6.07) is 3.48. The minimum Gasteiger partial charge on any atom is -0.457 e. The first-order valence-corrected chi connectivity index (χ1v) is 5.55. The third-order valence-electron chi connectivity index (χ3n) is 1.88.